The molecule has 1 saturated heterocycles. The van der Waals surface area contributed by atoms with Crippen LogP contribution >= 0.6 is 0 Å². The Morgan fingerprint density at radius 2 is 1.83 bits per heavy atom. The maximum Gasteiger partial charge on any atom is 0.320 e. The molecule has 4 heterocycles. The van der Waals surface area contributed by atoms with E-state index in [9.17, 15) is 4.79 Å². The zero-order chi connectivity index (χ0) is 34.4. The average Bonchev–Trinajstić information content (AvgIpc) is 3.66. The number of fused-ring (bicyclic) bond motifs is 2. The highest BCUT2D eigenvalue weighted by Gasteiger charge is 2.30. The van der Waals surface area contributed by atoms with Crippen LogP contribution in [0.15, 0.2) is 48.7 Å². The SMILES string of the molecule is C[C@H]1CCCCN1c1nnc2ccc(O[C@@H]3CC[C@H](NC(=O)Nc4cc(C(C)(C)C)nn4CCN(C)C)c4ccccc43)cn12.O=CO. The summed E-state index contributed by atoms with van der Waals surface area (Å²) in [6, 6.07) is 14.2. The first-order valence-electron chi connectivity index (χ1n) is 16.7. The Balaban J connectivity index is 0.00000145. The van der Waals surface area contributed by atoms with Crippen molar-refractivity contribution >= 4 is 29.9 Å². The molecular weight excluding hydrogens is 610 g/mol. The van der Waals surface area contributed by atoms with Crippen LogP contribution in [0.3, 0.4) is 0 Å². The van der Waals surface area contributed by atoms with Crippen molar-refractivity contribution in [1.29, 1.82) is 0 Å². The number of hydrogen-bond donors (Lipinski definition) is 3. The molecule has 0 spiro atoms. The molecule has 13 nitrogen and oxygen atoms in total. The number of carbonyl (C=O) groups excluding carboxylic acids is 1. The first-order chi connectivity index (χ1) is 23.0. The zero-order valence-corrected chi connectivity index (χ0v) is 28.9. The number of nitrogens with zero attached hydrogens (tertiary/aromatic N) is 7. The minimum absolute atomic E-state index is 0.125. The van der Waals surface area contributed by atoms with E-state index in [1.807, 2.05) is 55.3 Å². The lowest BCUT2D eigenvalue weighted by Gasteiger charge is -2.33. The van der Waals surface area contributed by atoms with Gasteiger partial charge < -0.3 is 25.0 Å². The summed E-state index contributed by atoms with van der Waals surface area (Å²) in [5.74, 6) is 2.35. The third-order valence-corrected chi connectivity index (χ3v) is 8.99. The van der Waals surface area contributed by atoms with Crippen LogP contribution < -0.4 is 20.3 Å². The first kappa shape index (κ1) is 34.7. The lowest BCUT2D eigenvalue weighted by Crippen LogP contribution is -2.38. The van der Waals surface area contributed by atoms with E-state index in [2.05, 4.69) is 74.9 Å². The molecule has 3 aromatic heterocycles. The van der Waals surface area contributed by atoms with Gasteiger partial charge in [0.25, 0.3) is 6.47 Å². The molecule has 2 amide bonds. The number of piperidine rings is 1. The summed E-state index contributed by atoms with van der Waals surface area (Å²) in [6.07, 6.45) is 6.99. The molecule has 1 aliphatic heterocycles. The van der Waals surface area contributed by atoms with Crippen molar-refractivity contribution in [3.8, 4) is 5.75 Å². The van der Waals surface area contributed by atoms with Crippen LogP contribution in [0.5, 0.6) is 5.75 Å². The molecule has 0 saturated carbocycles. The van der Waals surface area contributed by atoms with Crippen LogP contribution in [0.1, 0.15) is 88.8 Å². The number of ether oxygens (including phenoxy) is 1. The van der Waals surface area contributed by atoms with Crippen LogP contribution in [0.2, 0.25) is 0 Å². The quantitative estimate of drug-likeness (QED) is 0.205. The number of amides is 2. The average molecular weight is 660 g/mol. The molecule has 48 heavy (non-hydrogen) atoms. The fraction of sp³-hybridized carbons (Fsp3) is 0.514. The largest absolute Gasteiger partial charge is 0.484 e. The number of carboxylic acid groups (broad SMARTS) is 1. The minimum atomic E-state index is -0.250. The van der Waals surface area contributed by atoms with Crippen molar-refractivity contribution in [1.82, 2.24) is 34.6 Å². The van der Waals surface area contributed by atoms with Crippen LogP contribution in [-0.4, -0.2) is 80.1 Å². The summed E-state index contributed by atoms with van der Waals surface area (Å²) in [6.45, 7) is 10.9. The zero-order valence-electron chi connectivity index (χ0n) is 28.9. The molecule has 2 aliphatic rings. The maximum atomic E-state index is 13.4. The number of pyridine rings is 1. The van der Waals surface area contributed by atoms with Gasteiger partial charge in [-0.25, -0.2) is 9.48 Å². The number of benzene rings is 1. The Bertz CT molecular complexity index is 1690. The van der Waals surface area contributed by atoms with Gasteiger partial charge in [0.1, 0.15) is 17.7 Å². The molecule has 1 aromatic carbocycles. The van der Waals surface area contributed by atoms with Crippen molar-refractivity contribution in [2.75, 3.05) is 37.4 Å². The van der Waals surface area contributed by atoms with Gasteiger partial charge in [-0.05, 0) is 76.4 Å². The van der Waals surface area contributed by atoms with Crippen molar-refractivity contribution in [3.63, 3.8) is 0 Å². The van der Waals surface area contributed by atoms with Gasteiger partial charge in [-0.3, -0.25) is 14.5 Å². The van der Waals surface area contributed by atoms with Gasteiger partial charge in [0, 0.05) is 30.6 Å². The van der Waals surface area contributed by atoms with Crippen LogP contribution in [0.4, 0.5) is 16.6 Å². The second-order valence-electron chi connectivity index (χ2n) is 13.9. The Hall–Kier alpha value is -4.65. The van der Waals surface area contributed by atoms with Gasteiger partial charge >= 0.3 is 6.03 Å². The van der Waals surface area contributed by atoms with Crippen molar-refractivity contribution in [2.45, 2.75) is 89.9 Å². The van der Waals surface area contributed by atoms with E-state index in [0.717, 1.165) is 66.5 Å². The number of likely N-dealkylation sites (N-methyl/N-ethyl adjacent to an activating group) is 1. The first-order valence-corrected chi connectivity index (χ1v) is 16.7. The molecule has 6 rings (SSSR count). The smallest absolute Gasteiger partial charge is 0.320 e. The van der Waals surface area contributed by atoms with E-state index >= 15 is 0 Å². The molecule has 4 aromatic rings. The number of hydrogen-bond acceptors (Lipinski definition) is 8. The van der Waals surface area contributed by atoms with Crippen molar-refractivity contribution in [3.05, 3.63) is 65.5 Å². The Kier molecular flexibility index (Phi) is 10.9. The number of rotatable bonds is 8. The lowest BCUT2D eigenvalue weighted by atomic mass is 9.85. The van der Waals surface area contributed by atoms with E-state index in [1.165, 1.54) is 12.8 Å². The Labute approximate surface area is 282 Å². The summed E-state index contributed by atoms with van der Waals surface area (Å²) < 4.78 is 10.6. The fourth-order valence-electron chi connectivity index (χ4n) is 6.37. The lowest BCUT2D eigenvalue weighted by molar-refractivity contribution is -0.122. The molecule has 3 N–H and O–H groups in total. The van der Waals surface area contributed by atoms with E-state index in [-0.39, 0.29) is 30.1 Å². The number of nitrogens with one attached hydrogen (secondary N) is 2. The molecular formula is C35H49N9O4. The number of anilines is 2. The van der Waals surface area contributed by atoms with E-state index in [1.54, 1.807) is 0 Å². The predicted octanol–water partition coefficient (Wildman–Crippen LogP) is 5.64. The van der Waals surface area contributed by atoms with Crippen molar-refractivity contribution < 1.29 is 19.4 Å². The maximum absolute atomic E-state index is 13.4. The second-order valence-corrected chi connectivity index (χ2v) is 13.9. The predicted molar refractivity (Wildman–Crippen MR) is 186 cm³/mol. The number of carbonyl (C=O) groups is 2. The molecule has 3 atom stereocenters. The standard InChI is InChI=1S/C34H47N9O2.CH2O2/c1-23-11-9-10-18-41(23)33-38-37-30-17-14-24(22-42(30)33)45-28-16-15-27(25-12-7-8-13-26(25)28)35-32(44)36-31-21-29(34(2,3)4)39-43(31)20-19-40(5)6;2-1-3/h7-8,12-14,17,21-23,27-28H,9-11,15-16,18-20H2,1-6H3,(H2,35,36,44);1H,(H,2,3)/t23-,27-,28+;/m0./s1. The monoisotopic (exact) mass is 659 g/mol. The summed E-state index contributed by atoms with van der Waals surface area (Å²) in [7, 11) is 4.07. The van der Waals surface area contributed by atoms with Gasteiger partial charge in [0.05, 0.1) is 24.5 Å². The Morgan fingerprint density at radius 3 is 2.54 bits per heavy atom. The summed E-state index contributed by atoms with van der Waals surface area (Å²) in [5, 5.41) is 27.0. The normalized spacial score (nSPS) is 19.3. The summed E-state index contributed by atoms with van der Waals surface area (Å²) >= 11 is 0. The Morgan fingerprint density at radius 1 is 1.08 bits per heavy atom. The topological polar surface area (TPSA) is 142 Å². The van der Waals surface area contributed by atoms with Gasteiger partial charge in [-0.1, -0.05) is 45.0 Å². The number of aromatic nitrogens is 5. The second kappa shape index (κ2) is 15.1. The van der Waals surface area contributed by atoms with Crippen molar-refractivity contribution in [2.24, 2.45) is 0 Å². The van der Waals surface area contributed by atoms with E-state index < -0.39 is 0 Å². The van der Waals surface area contributed by atoms with Crippen LogP contribution in [-0.2, 0) is 16.8 Å². The van der Waals surface area contributed by atoms with E-state index in [4.69, 9.17) is 19.7 Å². The highest BCUT2D eigenvalue weighted by Crippen LogP contribution is 2.39. The molecule has 1 aliphatic carbocycles. The fourth-order valence-corrected chi connectivity index (χ4v) is 6.37. The number of urea groups is 1. The molecule has 0 radical (unpaired) electrons. The molecule has 0 bridgehead atoms. The van der Waals surface area contributed by atoms with Gasteiger partial charge in [0.15, 0.2) is 5.65 Å². The van der Waals surface area contributed by atoms with E-state index in [0.29, 0.717) is 18.4 Å². The summed E-state index contributed by atoms with van der Waals surface area (Å²) in [4.78, 5) is 26.2. The molecule has 13 heteroatoms. The summed E-state index contributed by atoms with van der Waals surface area (Å²) in [5.41, 5.74) is 3.80. The van der Waals surface area contributed by atoms with Gasteiger partial charge in [-0.15, -0.1) is 10.2 Å². The molecule has 258 valence electrons. The van der Waals surface area contributed by atoms with Crippen LogP contribution in [0.25, 0.3) is 5.65 Å². The molecule has 1 fully saturated rings. The van der Waals surface area contributed by atoms with Gasteiger partial charge in [-0.2, -0.15) is 5.10 Å². The van der Waals surface area contributed by atoms with Gasteiger partial charge in [0.2, 0.25) is 5.95 Å². The minimum Gasteiger partial charge on any atom is -0.484 e. The highest BCUT2D eigenvalue weighted by atomic mass is 16.5. The van der Waals surface area contributed by atoms with Crippen LogP contribution in [0, 0.1) is 0 Å². The molecule has 0 unspecified atom stereocenters. The highest BCUT2D eigenvalue weighted by molar-refractivity contribution is 5.88. The third-order valence-electron chi connectivity index (χ3n) is 8.99. The third kappa shape index (κ3) is 8.07.